The van der Waals surface area contributed by atoms with E-state index in [1.807, 2.05) is 23.9 Å². The van der Waals surface area contributed by atoms with Crippen LogP contribution in [0.3, 0.4) is 0 Å². The van der Waals surface area contributed by atoms with Crippen molar-refractivity contribution in [1.29, 1.82) is 0 Å². The van der Waals surface area contributed by atoms with Crippen LogP contribution in [0.5, 0.6) is 0 Å². The minimum atomic E-state index is -0.861. The number of aliphatic hydroxyl groups is 2. The van der Waals surface area contributed by atoms with Gasteiger partial charge in [-0.1, -0.05) is 206 Å². The highest BCUT2D eigenvalue weighted by atomic mass is 16.6. The van der Waals surface area contributed by atoms with E-state index in [1.54, 1.807) is 24.3 Å². The first kappa shape index (κ1) is 67.2. The molecule has 4 unspecified atom stereocenters. The maximum atomic E-state index is 12.9. The van der Waals surface area contributed by atoms with Crippen molar-refractivity contribution in [3.05, 3.63) is 24.3 Å². The van der Waals surface area contributed by atoms with Crippen LogP contribution in [0.2, 0.25) is 0 Å². The molecule has 0 saturated carbocycles. The number of hydrogen-bond acceptors (Lipinski definition) is 10. The number of ether oxygens (including phenoxy) is 2. The highest BCUT2D eigenvalue weighted by Gasteiger charge is 2.24. The highest BCUT2D eigenvalue weighted by Crippen LogP contribution is 2.18. The van der Waals surface area contributed by atoms with Crippen LogP contribution in [0, 0.1) is 0 Å². The average molecular weight is 992 g/mol. The zero-order valence-corrected chi connectivity index (χ0v) is 46.1. The van der Waals surface area contributed by atoms with Crippen molar-refractivity contribution < 1.29 is 38.9 Å². The molecule has 0 aromatic heterocycles. The normalized spacial score (nSPS) is 13.6. The second-order valence-corrected chi connectivity index (χ2v) is 20.3. The van der Waals surface area contributed by atoms with E-state index in [0.717, 1.165) is 64.5 Å². The Morgan fingerprint density at radius 3 is 1.03 bits per heavy atom. The number of esters is 2. The van der Waals surface area contributed by atoms with Crippen molar-refractivity contribution in [3.8, 4) is 0 Å². The lowest BCUT2D eigenvalue weighted by Crippen LogP contribution is -2.36. The summed E-state index contributed by atoms with van der Waals surface area (Å²) in [5.41, 5.74) is 0. The number of carbonyl (C=O) groups is 4. The Bertz CT molecular complexity index is 1200. The van der Waals surface area contributed by atoms with Gasteiger partial charge in [0, 0.05) is 25.9 Å². The van der Waals surface area contributed by atoms with Crippen molar-refractivity contribution in [1.82, 2.24) is 20.4 Å². The fraction of sp³-hybridized carbons (Fsp3) is 0.862. The van der Waals surface area contributed by atoms with Gasteiger partial charge in [0.05, 0.1) is 25.3 Å². The van der Waals surface area contributed by atoms with E-state index < -0.39 is 24.4 Å². The Morgan fingerprint density at radius 1 is 0.429 bits per heavy atom. The van der Waals surface area contributed by atoms with Crippen molar-refractivity contribution in [2.75, 3.05) is 53.4 Å². The van der Waals surface area contributed by atoms with Crippen LogP contribution in [0.25, 0.3) is 0 Å². The summed E-state index contributed by atoms with van der Waals surface area (Å²) in [4.78, 5) is 54.6. The van der Waals surface area contributed by atoms with Gasteiger partial charge in [0.25, 0.3) is 0 Å². The number of carbonyl (C=O) groups excluding carboxylic acids is 4. The summed E-state index contributed by atoms with van der Waals surface area (Å²) in [5.74, 6) is -1.04. The summed E-state index contributed by atoms with van der Waals surface area (Å²) >= 11 is 0. The standard InChI is InChI=1S/C58H110N4O8/c1-7-11-15-17-19-21-23-25-27-29-37-47-61(5)49-57(67)69-53(41-31-13-9-3)51(63)39-33-35-43-55(65)59-45-46-60-56(66)44-36-34-40-52(64)54(42-32-14-10-4)70-58(68)50-62(6)48-38-30-28-26-24-22-20-18-16-12-8-2/h33-36,51-54,63-64H,7-32,37-50H2,1-6H3,(H,59,65)(H,60,66). The predicted octanol–water partition coefficient (Wildman–Crippen LogP) is 12.1. The van der Waals surface area contributed by atoms with E-state index in [2.05, 4.69) is 38.3 Å². The van der Waals surface area contributed by atoms with Crippen molar-refractivity contribution in [2.45, 2.75) is 270 Å². The SMILES string of the molecule is CCCCCCCCCCCCCN(C)CC(=O)OC(CCCCC)C(O)CC=CCC(=O)NCCNC(=O)CC=CCC(O)C(CCCCC)OC(=O)CN(C)CCCCCCCCCCCCC. The van der Waals surface area contributed by atoms with E-state index in [-0.39, 0.29) is 75.6 Å². The molecule has 12 nitrogen and oxygen atoms in total. The van der Waals surface area contributed by atoms with Crippen LogP contribution in [0.15, 0.2) is 24.3 Å². The molecule has 0 bridgehead atoms. The first-order valence-corrected chi connectivity index (χ1v) is 28.9. The van der Waals surface area contributed by atoms with E-state index >= 15 is 0 Å². The first-order chi connectivity index (χ1) is 34.0. The molecule has 0 spiro atoms. The number of aliphatic hydroxyl groups excluding tert-OH is 2. The molecule has 0 radical (unpaired) electrons. The average Bonchev–Trinajstić information content (AvgIpc) is 3.33. The molecular formula is C58H110N4O8. The van der Waals surface area contributed by atoms with Gasteiger partial charge in [0.2, 0.25) is 11.8 Å². The largest absolute Gasteiger partial charge is 0.459 e. The Labute approximate surface area is 429 Å². The third kappa shape index (κ3) is 43.9. The topological polar surface area (TPSA) is 158 Å². The van der Waals surface area contributed by atoms with Gasteiger partial charge in [-0.2, -0.15) is 0 Å². The third-order valence-corrected chi connectivity index (χ3v) is 13.2. The second kappa shape index (κ2) is 49.8. The van der Waals surface area contributed by atoms with Gasteiger partial charge in [0.1, 0.15) is 12.2 Å². The van der Waals surface area contributed by atoms with Crippen molar-refractivity contribution in [2.24, 2.45) is 0 Å². The van der Waals surface area contributed by atoms with E-state index in [1.165, 1.54) is 128 Å². The van der Waals surface area contributed by atoms with Gasteiger partial charge in [-0.15, -0.1) is 0 Å². The number of likely N-dealkylation sites (N-methyl/N-ethyl adjacent to an activating group) is 2. The molecule has 12 heteroatoms. The smallest absolute Gasteiger partial charge is 0.320 e. The number of rotatable bonds is 51. The Hall–Kier alpha value is -2.80. The summed E-state index contributed by atoms with van der Waals surface area (Å²) < 4.78 is 11.6. The second-order valence-electron chi connectivity index (χ2n) is 20.3. The molecule has 4 N–H and O–H groups in total. The Morgan fingerprint density at radius 2 is 0.714 bits per heavy atom. The monoisotopic (exact) mass is 991 g/mol. The van der Waals surface area contributed by atoms with Crippen LogP contribution >= 0.6 is 0 Å². The fourth-order valence-electron chi connectivity index (χ4n) is 8.66. The lowest BCUT2D eigenvalue weighted by atomic mass is 10.0. The van der Waals surface area contributed by atoms with Crippen LogP contribution in [-0.2, 0) is 28.7 Å². The quantitative estimate of drug-likeness (QED) is 0.0263. The Kier molecular flexibility index (Phi) is 47.8. The van der Waals surface area contributed by atoms with Crippen LogP contribution in [0.4, 0.5) is 0 Å². The summed E-state index contributed by atoms with van der Waals surface area (Å²) in [6.07, 6.45) is 40.0. The van der Waals surface area contributed by atoms with Crippen molar-refractivity contribution >= 4 is 23.8 Å². The molecule has 2 amide bonds. The van der Waals surface area contributed by atoms with Crippen molar-refractivity contribution in [3.63, 3.8) is 0 Å². The molecule has 0 rings (SSSR count). The van der Waals surface area contributed by atoms with Crippen LogP contribution in [0.1, 0.15) is 246 Å². The number of amides is 2. The van der Waals surface area contributed by atoms with Gasteiger partial charge in [-0.25, -0.2) is 0 Å². The lowest BCUT2D eigenvalue weighted by molar-refractivity contribution is -0.157. The van der Waals surface area contributed by atoms with Crippen LogP contribution < -0.4 is 10.6 Å². The zero-order valence-electron chi connectivity index (χ0n) is 46.1. The van der Waals surface area contributed by atoms with Gasteiger partial charge in [0.15, 0.2) is 0 Å². The lowest BCUT2D eigenvalue weighted by Gasteiger charge is -2.24. The molecule has 0 fully saturated rings. The highest BCUT2D eigenvalue weighted by molar-refractivity contribution is 5.78. The molecule has 0 aliphatic rings. The summed E-state index contributed by atoms with van der Waals surface area (Å²) in [6.45, 7) is 11.4. The molecule has 4 atom stereocenters. The van der Waals surface area contributed by atoms with Crippen LogP contribution in [-0.4, -0.2) is 122 Å². The maximum absolute atomic E-state index is 12.9. The molecule has 410 valence electrons. The number of unbranched alkanes of at least 4 members (excludes halogenated alkanes) is 24. The molecule has 0 aliphatic carbocycles. The van der Waals surface area contributed by atoms with Gasteiger partial charge in [-0.05, 0) is 78.6 Å². The zero-order chi connectivity index (χ0) is 51.7. The number of nitrogens with zero attached hydrogens (tertiary/aromatic N) is 2. The van der Waals surface area contributed by atoms with E-state index in [4.69, 9.17) is 9.47 Å². The molecule has 0 saturated heterocycles. The Balaban J connectivity index is 4.47. The molecule has 0 aromatic carbocycles. The minimum absolute atomic E-state index is 0.126. The minimum Gasteiger partial charge on any atom is -0.459 e. The summed E-state index contributed by atoms with van der Waals surface area (Å²) in [6, 6.07) is 0. The maximum Gasteiger partial charge on any atom is 0.320 e. The van der Waals surface area contributed by atoms with E-state index in [0.29, 0.717) is 12.8 Å². The first-order valence-electron chi connectivity index (χ1n) is 28.9. The van der Waals surface area contributed by atoms with Gasteiger partial charge >= 0.3 is 11.9 Å². The molecule has 70 heavy (non-hydrogen) atoms. The number of hydrogen-bond donors (Lipinski definition) is 4. The summed E-state index contributed by atoms with van der Waals surface area (Å²) in [5, 5.41) is 27.5. The molecular weight excluding hydrogens is 881 g/mol. The fourth-order valence-corrected chi connectivity index (χ4v) is 8.66. The summed E-state index contributed by atoms with van der Waals surface area (Å²) in [7, 11) is 3.89. The predicted molar refractivity (Wildman–Crippen MR) is 291 cm³/mol. The molecule has 0 heterocycles. The molecule has 0 aliphatic heterocycles. The number of nitrogens with one attached hydrogen (secondary N) is 2. The molecule has 0 aromatic rings. The van der Waals surface area contributed by atoms with Gasteiger partial charge in [-0.3, -0.25) is 29.0 Å². The van der Waals surface area contributed by atoms with E-state index in [9.17, 15) is 29.4 Å². The third-order valence-electron chi connectivity index (χ3n) is 13.2. The van der Waals surface area contributed by atoms with Gasteiger partial charge < -0.3 is 30.3 Å².